The minimum Gasteiger partial charge on any atom is -0.338 e. The van der Waals surface area contributed by atoms with Crippen LogP contribution in [-0.4, -0.2) is 53.7 Å². The summed E-state index contributed by atoms with van der Waals surface area (Å²) in [7, 11) is 0. The SMILES string of the molecule is CCNC(=O)N1CCC(CN2C(=O)CS[C@@H]2c2ccccc2F)CC1. The first-order valence-electron chi connectivity index (χ1n) is 8.78. The summed E-state index contributed by atoms with van der Waals surface area (Å²) in [6.07, 6.45) is 1.74. The fourth-order valence-corrected chi connectivity index (χ4v) is 4.66. The van der Waals surface area contributed by atoms with Crippen molar-refractivity contribution in [3.05, 3.63) is 35.6 Å². The normalized spacial score (nSPS) is 21.7. The van der Waals surface area contributed by atoms with Crippen LogP contribution >= 0.6 is 11.8 Å². The summed E-state index contributed by atoms with van der Waals surface area (Å²) in [6.45, 7) is 4.58. The molecule has 2 fully saturated rings. The van der Waals surface area contributed by atoms with Gasteiger partial charge in [0.25, 0.3) is 0 Å². The molecule has 0 unspecified atom stereocenters. The number of carbonyl (C=O) groups excluding carboxylic acids is 2. The van der Waals surface area contributed by atoms with Gasteiger partial charge in [-0.1, -0.05) is 18.2 Å². The minimum absolute atomic E-state index is 0.0158. The number of thioether (sulfide) groups is 1. The van der Waals surface area contributed by atoms with Crippen molar-refractivity contribution >= 4 is 23.7 Å². The smallest absolute Gasteiger partial charge is 0.317 e. The monoisotopic (exact) mass is 365 g/mol. The van der Waals surface area contributed by atoms with Gasteiger partial charge in [-0.2, -0.15) is 0 Å². The molecule has 1 atom stereocenters. The average molecular weight is 365 g/mol. The number of piperidine rings is 1. The number of nitrogens with one attached hydrogen (secondary N) is 1. The number of nitrogens with zero attached hydrogens (tertiary/aromatic N) is 2. The van der Waals surface area contributed by atoms with E-state index in [-0.39, 0.29) is 23.1 Å². The Kier molecular flexibility index (Phi) is 5.83. The topological polar surface area (TPSA) is 52.7 Å². The molecule has 0 aliphatic carbocycles. The molecule has 1 aromatic carbocycles. The lowest BCUT2D eigenvalue weighted by molar-refractivity contribution is -0.128. The highest BCUT2D eigenvalue weighted by molar-refractivity contribution is 8.00. The average Bonchev–Trinajstić information content (AvgIpc) is 2.97. The molecule has 2 saturated heterocycles. The summed E-state index contributed by atoms with van der Waals surface area (Å²) in [6, 6.07) is 6.67. The molecular formula is C18H24FN3O2S. The second kappa shape index (κ2) is 8.08. The maximum absolute atomic E-state index is 14.1. The molecule has 136 valence electrons. The third-order valence-electron chi connectivity index (χ3n) is 4.82. The van der Waals surface area contributed by atoms with Gasteiger partial charge in [-0.15, -0.1) is 11.8 Å². The number of carbonyl (C=O) groups is 2. The van der Waals surface area contributed by atoms with Gasteiger partial charge in [-0.05, 0) is 31.7 Å². The first-order chi connectivity index (χ1) is 12.1. The van der Waals surface area contributed by atoms with Gasteiger partial charge in [0.15, 0.2) is 0 Å². The molecule has 3 rings (SSSR count). The van der Waals surface area contributed by atoms with Crippen molar-refractivity contribution in [1.82, 2.24) is 15.1 Å². The van der Waals surface area contributed by atoms with E-state index in [2.05, 4.69) is 5.32 Å². The van der Waals surface area contributed by atoms with Crippen molar-refractivity contribution in [3.63, 3.8) is 0 Å². The number of hydrogen-bond acceptors (Lipinski definition) is 3. The van der Waals surface area contributed by atoms with Crippen molar-refractivity contribution in [2.75, 3.05) is 31.9 Å². The highest BCUT2D eigenvalue weighted by atomic mass is 32.2. The van der Waals surface area contributed by atoms with E-state index < -0.39 is 0 Å². The van der Waals surface area contributed by atoms with Crippen LogP contribution in [0.15, 0.2) is 24.3 Å². The van der Waals surface area contributed by atoms with E-state index in [1.54, 1.807) is 12.1 Å². The Balaban J connectivity index is 1.61. The summed E-state index contributed by atoms with van der Waals surface area (Å²) in [4.78, 5) is 27.8. The molecule has 5 nitrogen and oxygen atoms in total. The molecule has 0 saturated carbocycles. The van der Waals surface area contributed by atoms with Crippen LogP contribution < -0.4 is 5.32 Å². The standard InChI is InChI=1S/C18H24FN3O2S/c1-2-20-18(24)21-9-7-13(8-10-21)11-22-16(23)12-25-17(22)14-5-3-4-6-15(14)19/h3-6,13,17H,2,7-12H2,1H3,(H,20,24)/t17-/m1/s1. The first-order valence-corrected chi connectivity index (χ1v) is 9.83. The lowest BCUT2D eigenvalue weighted by atomic mass is 9.96. The Morgan fingerprint density at radius 3 is 2.72 bits per heavy atom. The quantitative estimate of drug-likeness (QED) is 0.893. The molecule has 1 aromatic rings. The van der Waals surface area contributed by atoms with Gasteiger partial charge >= 0.3 is 6.03 Å². The number of rotatable bonds is 4. The maximum atomic E-state index is 14.1. The largest absolute Gasteiger partial charge is 0.338 e. The van der Waals surface area contributed by atoms with Gasteiger partial charge in [0.1, 0.15) is 11.2 Å². The lowest BCUT2D eigenvalue weighted by Crippen LogP contribution is -2.46. The number of hydrogen-bond donors (Lipinski definition) is 1. The molecule has 0 aromatic heterocycles. The Morgan fingerprint density at radius 1 is 1.32 bits per heavy atom. The van der Waals surface area contributed by atoms with Gasteiger partial charge in [-0.25, -0.2) is 9.18 Å². The predicted molar refractivity (Wildman–Crippen MR) is 96.7 cm³/mol. The molecule has 2 aliphatic heterocycles. The van der Waals surface area contributed by atoms with Crippen molar-refractivity contribution in [1.29, 1.82) is 0 Å². The summed E-state index contributed by atoms with van der Waals surface area (Å²) in [5, 5.41) is 2.58. The summed E-state index contributed by atoms with van der Waals surface area (Å²) < 4.78 is 14.1. The Hall–Kier alpha value is -1.76. The number of urea groups is 1. The second-order valence-electron chi connectivity index (χ2n) is 6.50. The fraction of sp³-hybridized carbons (Fsp3) is 0.556. The van der Waals surface area contributed by atoms with Crippen LogP contribution in [0, 0.1) is 11.7 Å². The molecule has 25 heavy (non-hydrogen) atoms. The van der Waals surface area contributed by atoms with Gasteiger partial charge < -0.3 is 15.1 Å². The zero-order valence-electron chi connectivity index (χ0n) is 14.4. The molecule has 1 N–H and O–H groups in total. The molecule has 2 heterocycles. The summed E-state index contributed by atoms with van der Waals surface area (Å²) in [5.41, 5.74) is 0.582. The highest BCUT2D eigenvalue weighted by Crippen LogP contribution is 2.40. The Morgan fingerprint density at radius 2 is 2.04 bits per heavy atom. The van der Waals surface area contributed by atoms with Crippen molar-refractivity contribution < 1.29 is 14.0 Å². The highest BCUT2D eigenvalue weighted by Gasteiger charge is 2.36. The first kappa shape index (κ1) is 18.0. The number of halogens is 1. The fourth-order valence-electron chi connectivity index (χ4n) is 3.44. The van der Waals surface area contributed by atoms with Crippen LogP contribution in [-0.2, 0) is 4.79 Å². The molecular weight excluding hydrogens is 341 g/mol. The van der Waals surface area contributed by atoms with Crippen molar-refractivity contribution in [2.45, 2.75) is 25.1 Å². The second-order valence-corrected chi connectivity index (χ2v) is 7.57. The zero-order chi connectivity index (χ0) is 17.8. The van der Waals surface area contributed by atoms with Crippen LogP contribution in [0.5, 0.6) is 0 Å². The van der Waals surface area contributed by atoms with Gasteiger partial charge in [0.05, 0.1) is 5.75 Å². The summed E-state index contributed by atoms with van der Waals surface area (Å²) in [5.74, 6) is 0.564. The molecule has 0 bridgehead atoms. The third-order valence-corrected chi connectivity index (χ3v) is 6.06. The van der Waals surface area contributed by atoms with E-state index >= 15 is 0 Å². The predicted octanol–water partition coefficient (Wildman–Crippen LogP) is 2.84. The minimum atomic E-state index is -0.259. The summed E-state index contributed by atoms with van der Waals surface area (Å²) >= 11 is 1.49. The van der Waals surface area contributed by atoms with E-state index in [0.717, 1.165) is 12.8 Å². The van der Waals surface area contributed by atoms with Crippen molar-refractivity contribution in [3.8, 4) is 0 Å². The third kappa shape index (κ3) is 4.08. The van der Waals surface area contributed by atoms with E-state index in [1.807, 2.05) is 22.8 Å². The number of benzene rings is 1. The van der Waals surface area contributed by atoms with Crippen LogP contribution in [0.4, 0.5) is 9.18 Å². The molecule has 3 amide bonds. The van der Waals surface area contributed by atoms with E-state index in [9.17, 15) is 14.0 Å². The lowest BCUT2D eigenvalue weighted by Gasteiger charge is -2.35. The molecule has 0 radical (unpaired) electrons. The number of likely N-dealkylation sites (tertiary alicyclic amines) is 1. The Labute approximate surface area is 151 Å². The Bertz CT molecular complexity index is 635. The van der Waals surface area contributed by atoms with Crippen LogP contribution in [0.2, 0.25) is 0 Å². The van der Waals surface area contributed by atoms with E-state index in [4.69, 9.17) is 0 Å². The van der Waals surface area contributed by atoms with E-state index in [1.165, 1.54) is 17.8 Å². The van der Waals surface area contributed by atoms with Crippen molar-refractivity contribution in [2.24, 2.45) is 5.92 Å². The molecule has 7 heteroatoms. The van der Waals surface area contributed by atoms with Crippen LogP contribution in [0.1, 0.15) is 30.7 Å². The zero-order valence-corrected chi connectivity index (χ0v) is 15.2. The molecule has 2 aliphatic rings. The van der Waals surface area contributed by atoms with Gasteiger partial charge in [0.2, 0.25) is 5.91 Å². The maximum Gasteiger partial charge on any atom is 0.317 e. The van der Waals surface area contributed by atoms with Gasteiger partial charge in [0, 0.05) is 31.7 Å². The van der Waals surface area contributed by atoms with E-state index in [0.29, 0.717) is 43.4 Å². The van der Waals surface area contributed by atoms with Gasteiger partial charge in [-0.3, -0.25) is 4.79 Å². The van der Waals surface area contributed by atoms with Crippen LogP contribution in [0.25, 0.3) is 0 Å². The molecule has 0 spiro atoms. The number of amides is 3. The van der Waals surface area contributed by atoms with Crippen LogP contribution in [0.3, 0.4) is 0 Å².